The van der Waals surface area contributed by atoms with Crippen molar-refractivity contribution in [1.82, 2.24) is 10.2 Å². The van der Waals surface area contributed by atoms with Crippen molar-refractivity contribution >= 4 is 5.91 Å². The van der Waals surface area contributed by atoms with Gasteiger partial charge in [-0.1, -0.05) is 36.4 Å². The van der Waals surface area contributed by atoms with E-state index in [1.807, 2.05) is 24.3 Å². The van der Waals surface area contributed by atoms with Crippen LogP contribution in [-0.2, 0) is 17.9 Å². The van der Waals surface area contributed by atoms with E-state index in [0.29, 0.717) is 12.5 Å². The maximum absolute atomic E-state index is 12.5. The first-order chi connectivity index (χ1) is 12.1. The minimum Gasteiger partial charge on any atom is -0.497 e. The van der Waals surface area contributed by atoms with Crippen molar-refractivity contribution in [3.63, 3.8) is 0 Å². The van der Waals surface area contributed by atoms with E-state index in [1.54, 1.807) is 7.11 Å². The van der Waals surface area contributed by atoms with Crippen molar-refractivity contribution in [3.05, 3.63) is 65.2 Å². The molecule has 2 atom stereocenters. The molecule has 0 saturated heterocycles. The fourth-order valence-corrected chi connectivity index (χ4v) is 3.24. The lowest BCUT2D eigenvalue weighted by Gasteiger charge is -2.14. The summed E-state index contributed by atoms with van der Waals surface area (Å²) < 4.78 is 5.19. The normalized spacial score (nSPS) is 18.9. The third-order valence-corrected chi connectivity index (χ3v) is 4.73. The predicted octanol–water partition coefficient (Wildman–Crippen LogP) is 3.18. The van der Waals surface area contributed by atoms with Gasteiger partial charge in [-0.05, 0) is 55.3 Å². The molecule has 132 valence electrons. The van der Waals surface area contributed by atoms with Gasteiger partial charge in [-0.15, -0.1) is 0 Å². The first-order valence-corrected chi connectivity index (χ1v) is 8.71. The zero-order chi connectivity index (χ0) is 17.8. The fourth-order valence-electron chi connectivity index (χ4n) is 3.24. The van der Waals surface area contributed by atoms with Crippen LogP contribution in [0.4, 0.5) is 0 Å². The van der Waals surface area contributed by atoms with Crippen LogP contribution in [-0.4, -0.2) is 32.0 Å². The number of hydrogen-bond acceptors (Lipinski definition) is 3. The van der Waals surface area contributed by atoms with Crippen molar-refractivity contribution in [2.75, 3.05) is 21.2 Å². The summed E-state index contributed by atoms with van der Waals surface area (Å²) in [5.41, 5.74) is 3.66. The molecule has 0 radical (unpaired) electrons. The van der Waals surface area contributed by atoms with Gasteiger partial charge in [-0.3, -0.25) is 4.79 Å². The highest BCUT2D eigenvalue weighted by Gasteiger charge is 2.43. The number of amides is 1. The second kappa shape index (κ2) is 7.70. The van der Waals surface area contributed by atoms with E-state index in [-0.39, 0.29) is 11.8 Å². The molecule has 0 unspecified atom stereocenters. The van der Waals surface area contributed by atoms with E-state index < -0.39 is 0 Å². The van der Waals surface area contributed by atoms with Gasteiger partial charge in [0.25, 0.3) is 0 Å². The Kier molecular flexibility index (Phi) is 5.39. The molecule has 0 aromatic heterocycles. The van der Waals surface area contributed by atoms with Crippen LogP contribution in [0.15, 0.2) is 48.5 Å². The largest absolute Gasteiger partial charge is 0.497 e. The number of hydrogen-bond donors (Lipinski definition) is 1. The summed E-state index contributed by atoms with van der Waals surface area (Å²) in [5, 5.41) is 3.11. The molecule has 0 spiro atoms. The summed E-state index contributed by atoms with van der Waals surface area (Å²) >= 11 is 0. The second-order valence-electron chi connectivity index (χ2n) is 6.95. The number of benzene rings is 2. The molecule has 1 amide bonds. The summed E-state index contributed by atoms with van der Waals surface area (Å²) in [4.78, 5) is 14.6. The van der Waals surface area contributed by atoms with Crippen LogP contribution in [0.2, 0.25) is 0 Å². The minimum atomic E-state index is 0.0920. The lowest BCUT2D eigenvalue weighted by Crippen LogP contribution is -2.26. The Morgan fingerprint density at radius 3 is 2.44 bits per heavy atom. The van der Waals surface area contributed by atoms with Crippen molar-refractivity contribution in [2.24, 2.45) is 5.92 Å². The van der Waals surface area contributed by atoms with Crippen molar-refractivity contribution in [1.29, 1.82) is 0 Å². The van der Waals surface area contributed by atoms with Gasteiger partial charge in [0.2, 0.25) is 5.91 Å². The van der Waals surface area contributed by atoms with Crippen LogP contribution in [0.25, 0.3) is 0 Å². The first-order valence-electron chi connectivity index (χ1n) is 8.71. The summed E-state index contributed by atoms with van der Waals surface area (Å²) in [5.74, 6) is 1.43. The standard InChI is InChI=1S/C21H26N2O2/c1-23(2)14-17-7-5-4-6-16(17)13-22-21(24)20-12-19(20)15-8-10-18(25-3)11-9-15/h4-11,19-20H,12-14H2,1-3H3,(H,22,24)/t19-,20+/m1/s1. The molecule has 4 nitrogen and oxygen atoms in total. The third-order valence-electron chi connectivity index (χ3n) is 4.73. The zero-order valence-corrected chi connectivity index (χ0v) is 15.2. The SMILES string of the molecule is COc1ccc([C@H]2C[C@@H]2C(=O)NCc2ccccc2CN(C)C)cc1. The van der Waals surface area contributed by atoms with E-state index in [4.69, 9.17) is 4.74 Å². The van der Waals surface area contributed by atoms with E-state index >= 15 is 0 Å². The minimum absolute atomic E-state index is 0.0920. The lowest BCUT2D eigenvalue weighted by atomic mass is 10.1. The Morgan fingerprint density at radius 1 is 1.12 bits per heavy atom. The molecule has 3 rings (SSSR count). The molecule has 0 bridgehead atoms. The maximum atomic E-state index is 12.5. The van der Waals surface area contributed by atoms with E-state index in [2.05, 4.69) is 48.6 Å². The van der Waals surface area contributed by atoms with Gasteiger partial charge < -0.3 is 15.0 Å². The number of carbonyl (C=O) groups is 1. The summed E-state index contributed by atoms with van der Waals surface area (Å²) in [6.45, 7) is 1.47. The van der Waals surface area contributed by atoms with Crippen LogP contribution in [0.3, 0.4) is 0 Å². The lowest BCUT2D eigenvalue weighted by molar-refractivity contribution is -0.122. The highest BCUT2D eigenvalue weighted by Crippen LogP contribution is 2.47. The van der Waals surface area contributed by atoms with Gasteiger partial charge in [0.1, 0.15) is 5.75 Å². The number of carbonyl (C=O) groups excluding carboxylic acids is 1. The van der Waals surface area contributed by atoms with Crippen LogP contribution in [0, 0.1) is 5.92 Å². The molecule has 25 heavy (non-hydrogen) atoms. The average molecular weight is 338 g/mol. The van der Waals surface area contributed by atoms with Crippen molar-refractivity contribution in [2.45, 2.75) is 25.4 Å². The molecule has 1 aliphatic carbocycles. The van der Waals surface area contributed by atoms with Crippen molar-refractivity contribution in [3.8, 4) is 5.75 Å². The molecular weight excluding hydrogens is 312 g/mol. The highest BCUT2D eigenvalue weighted by atomic mass is 16.5. The molecule has 1 N–H and O–H groups in total. The molecule has 2 aromatic carbocycles. The Hall–Kier alpha value is -2.33. The summed E-state index contributed by atoms with van der Waals surface area (Å²) in [7, 11) is 5.77. The van der Waals surface area contributed by atoms with E-state index in [9.17, 15) is 4.79 Å². The summed E-state index contributed by atoms with van der Waals surface area (Å²) in [6, 6.07) is 16.3. The van der Waals surface area contributed by atoms with Gasteiger partial charge in [0.15, 0.2) is 0 Å². The molecule has 2 aromatic rings. The Labute approximate surface area is 149 Å². The number of methoxy groups -OCH3 is 1. The maximum Gasteiger partial charge on any atom is 0.224 e. The Bertz CT molecular complexity index is 725. The zero-order valence-electron chi connectivity index (χ0n) is 15.2. The van der Waals surface area contributed by atoms with Gasteiger partial charge in [0, 0.05) is 19.0 Å². The molecule has 1 saturated carbocycles. The molecule has 0 heterocycles. The topological polar surface area (TPSA) is 41.6 Å². The van der Waals surface area contributed by atoms with Crippen LogP contribution in [0.5, 0.6) is 5.75 Å². The van der Waals surface area contributed by atoms with Gasteiger partial charge in [-0.2, -0.15) is 0 Å². The highest BCUT2D eigenvalue weighted by molar-refractivity contribution is 5.82. The number of nitrogens with zero attached hydrogens (tertiary/aromatic N) is 1. The van der Waals surface area contributed by atoms with Crippen LogP contribution >= 0.6 is 0 Å². The number of ether oxygens (including phenoxy) is 1. The van der Waals surface area contributed by atoms with Gasteiger partial charge in [0.05, 0.1) is 7.11 Å². The summed E-state index contributed by atoms with van der Waals surface area (Å²) in [6.07, 6.45) is 0.928. The van der Waals surface area contributed by atoms with Crippen LogP contribution < -0.4 is 10.1 Å². The Balaban J connectivity index is 1.55. The fraction of sp³-hybridized carbons (Fsp3) is 0.381. The average Bonchev–Trinajstić information content (AvgIpc) is 3.41. The van der Waals surface area contributed by atoms with Crippen LogP contribution in [0.1, 0.15) is 29.0 Å². The van der Waals surface area contributed by atoms with Gasteiger partial charge in [-0.25, -0.2) is 0 Å². The van der Waals surface area contributed by atoms with Gasteiger partial charge >= 0.3 is 0 Å². The molecule has 1 aliphatic rings. The number of nitrogens with one attached hydrogen (secondary N) is 1. The smallest absolute Gasteiger partial charge is 0.224 e. The molecule has 4 heteroatoms. The van der Waals surface area contributed by atoms with Crippen molar-refractivity contribution < 1.29 is 9.53 Å². The quantitative estimate of drug-likeness (QED) is 0.843. The third kappa shape index (κ3) is 4.40. The number of rotatable bonds is 7. The molecular formula is C21H26N2O2. The van der Waals surface area contributed by atoms with E-state index in [0.717, 1.165) is 18.7 Å². The second-order valence-corrected chi connectivity index (χ2v) is 6.95. The van der Waals surface area contributed by atoms with E-state index in [1.165, 1.54) is 16.7 Å². The molecule has 1 fully saturated rings. The monoisotopic (exact) mass is 338 g/mol. The predicted molar refractivity (Wildman–Crippen MR) is 99.5 cm³/mol. The Morgan fingerprint density at radius 2 is 1.80 bits per heavy atom. The first kappa shape index (κ1) is 17.5. The molecule has 0 aliphatic heterocycles.